The van der Waals surface area contributed by atoms with Gasteiger partial charge in [0.2, 0.25) is 5.92 Å². The zero-order valence-electron chi connectivity index (χ0n) is 10.6. The Morgan fingerprint density at radius 2 is 1.89 bits per heavy atom. The van der Waals surface area contributed by atoms with Crippen molar-refractivity contribution >= 4 is 0 Å². The number of halogens is 2. The van der Waals surface area contributed by atoms with E-state index in [-0.39, 0.29) is 24.8 Å². The fourth-order valence-electron chi connectivity index (χ4n) is 2.45. The molecule has 1 aromatic rings. The highest BCUT2D eigenvalue weighted by atomic mass is 19.3. The number of rotatable bonds is 3. The SMILES string of the molecule is Cc1ncc(CC(N)C2CCC(F)(F)CC2)cn1. The summed E-state index contributed by atoms with van der Waals surface area (Å²) in [6.07, 6.45) is 5.16. The Labute approximate surface area is 106 Å². The third-order valence-corrected chi connectivity index (χ3v) is 3.67. The molecule has 0 aromatic carbocycles. The van der Waals surface area contributed by atoms with Crippen molar-refractivity contribution < 1.29 is 8.78 Å². The van der Waals surface area contributed by atoms with Crippen LogP contribution in [0.15, 0.2) is 12.4 Å². The van der Waals surface area contributed by atoms with E-state index in [1.807, 2.05) is 6.92 Å². The van der Waals surface area contributed by atoms with E-state index in [0.717, 1.165) is 11.4 Å². The summed E-state index contributed by atoms with van der Waals surface area (Å²) in [6.45, 7) is 1.83. The van der Waals surface area contributed by atoms with Crippen molar-refractivity contribution in [3.63, 3.8) is 0 Å². The highest BCUT2D eigenvalue weighted by Gasteiger charge is 2.36. The Hall–Kier alpha value is -1.10. The van der Waals surface area contributed by atoms with Gasteiger partial charge in [-0.15, -0.1) is 0 Å². The molecular formula is C13H19F2N3. The van der Waals surface area contributed by atoms with E-state index in [4.69, 9.17) is 5.73 Å². The minimum atomic E-state index is -2.48. The molecule has 0 radical (unpaired) electrons. The smallest absolute Gasteiger partial charge is 0.248 e. The number of hydrogen-bond donors (Lipinski definition) is 1. The Kier molecular flexibility index (Phi) is 3.90. The van der Waals surface area contributed by atoms with Gasteiger partial charge in [0.1, 0.15) is 5.82 Å². The Balaban J connectivity index is 1.89. The van der Waals surface area contributed by atoms with Crippen LogP contribution in [0.2, 0.25) is 0 Å². The lowest BCUT2D eigenvalue weighted by molar-refractivity contribution is -0.0481. The largest absolute Gasteiger partial charge is 0.327 e. The van der Waals surface area contributed by atoms with Crippen LogP contribution in [0.25, 0.3) is 0 Å². The van der Waals surface area contributed by atoms with E-state index in [0.29, 0.717) is 19.3 Å². The molecule has 1 atom stereocenters. The Morgan fingerprint density at radius 1 is 1.33 bits per heavy atom. The number of hydrogen-bond acceptors (Lipinski definition) is 3. The monoisotopic (exact) mass is 255 g/mol. The number of aromatic nitrogens is 2. The van der Waals surface area contributed by atoms with Crippen LogP contribution in [-0.2, 0) is 6.42 Å². The van der Waals surface area contributed by atoms with Gasteiger partial charge in [0.05, 0.1) is 0 Å². The van der Waals surface area contributed by atoms with E-state index in [1.54, 1.807) is 12.4 Å². The molecule has 1 aliphatic carbocycles. The number of aryl methyl sites for hydroxylation is 1. The molecule has 1 unspecified atom stereocenters. The predicted octanol–water partition coefficient (Wildman–Crippen LogP) is 2.48. The molecule has 0 spiro atoms. The van der Waals surface area contributed by atoms with Crippen LogP contribution in [0.4, 0.5) is 8.78 Å². The van der Waals surface area contributed by atoms with E-state index in [2.05, 4.69) is 9.97 Å². The second-order valence-electron chi connectivity index (χ2n) is 5.20. The molecule has 0 aliphatic heterocycles. The van der Waals surface area contributed by atoms with Crippen molar-refractivity contribution in [3.8, 4) is 0 Å². The number of nitrogens with zero attached hydrogens (tertiary/aromatic N) is 2. The first-order chi connectivity index (χ1) is 8.46. The van der Waals surface area contributed by atoms with Gasteiger partial charge in [-0.05, 0) is 37.7 Å². The van der Waals surface area contributed by atoms with E-state index < -0.39 is 5.92 Å². The molecule has 1 aromatic heterocycles. The number of alkyl halides is 2. The summed E-state index contributed by atoms with van der Waals surface area (Å²) in [5, 5.41) is 0. The highest BCUT2D eigenvalue weighted by molar-refractivity contribution is 5.07. The second-order valence-corrected chi connectivity index (χ2v) is 5.20. The Bertz CT molecular complexity index is 382. The summed E-state index contributed by atoms with van der Waals surface area (Å²) in [4.78, 5) is 8.23. The molecule has 1 fully saturated rings. The zero-order valence-corrected chi connectivity index (χ0v) is 10.6. The van der Waals surface area contributed by atoms with Gasteiger partial charge in [-0.25, -0.2) is 18.7 Å². The van der Waals surface area contributed by atoms with Crippen molar-refractivity contribution in [1.82, 2.24) is 9.97 Å². The maximum atomic E-state index is 13.1. The van der Waals surface area contributed by atoms with Crippen molar-refractivity contribution in [2.24, 2.45) is 11.7 Å². The average Bonchev–Trinajstić information content (AvgIpc) is 2.32. The van der Waals surface area contributed by atoms with Crippen LogP contribution in [0.5, 0.6) is 0 Å². The fourth-order valence-corrected chi connectivity index (χ4v) is 2.45. The molecule has 0 bridgehead atoms. The molecule has 3 nitrogen and oxygen atoms in total. The lowest BCUT2D eigenvalue weighted by Crippen LogP contribution is -2.37. The van der Waals surface area contributed by atoms with Gasteiger partial charge in [-0.1, -0.05) is 0 Å². The van der Waals surface area contributed by atoms with Crippen LogP contribution >= 0.6 is 0 Å². The Morgan fingerprint density at radius 3 is 2.44 bits per heavy atom. The van der Waals surface area contributed by atoms with Gasteiger partial charge in [-0.2, -0.15) is 0 Å². The van der Waals surface area contributed by atoms with Crippen LogP contribution in [0.1, 0.15) is 37.1 Å². The minimum absolute atomic E-state index is 0.0320. The predicted molar refractivity (Wildman–Crippen MR) is 65.4 cm³/mol. The first-order valence-electron chi connectivity index (χ1n) is 6.37. The molecule has 1 saturated carbocycles. The minimum Gasteiger partial charge on any atom is -0.327 e. The van der Waals surface area contributed by atoms with Gasteiger partial charge < -0.3 is 5.73 Å². The molecule has 0 saturated heterocycles. The first kappa shape index (κ1) is 13.3. The average molecular weight is 255 g/mol. The maximum absolute atomic E-state index is 13.1. The molecular weight excluding hydrogens is 236 g/mol. The van der Waals surface area contributed by atoms with Gasteiger partial charge in [-0.3, -0.25) is 0 Å². The molecule has 1 aliphatic rings. The quantitative estimate of drug-likeness (QED) is 0.902. The first-order valence-corrected chi connectivity index (χ1v) is 6.37. The maximum Gasteiger partial charge on any atom is 0.248 e. The standard InChI is InChI=1S/C13H19F2N3/c1-9-17-7-10(8-18-9)6-12(16)11-2-4-13(14,15)5-3-11/h7-8,11-12H,2-6,16H2,1H3. The molecule has 2 rings (SSSR count). The molecule has 100 valence electrons. The molecule has 0 amide bonds. The number of nitrogens with two attached hydrogens (primary N) is 1. The third kappa shape index (κ3) is 3.45. The van der Waals surface area contributed by atoms with Gasteiger partial charge in [0.15, 0.2) is 0 Å². The van der Waals surface area contributed by atoms with Crippen LogP contribution in [-0.4, -0.2) is 21.9 Å². The summed E-state index contributed by atoms with van der Waals surface area (Å²) < 4.78 is 26.1. The molecule has 18 heavy (non-hydrogen) atoms. The van der Waals surface area contributed by atoms with E-state index in [9.17, 15) is 8.78 Å². The van der Waals surface area contributed by atoms with Crippen molar-refractivity contribution in [2.45, 2.75) is 51.0 Å². The van der Waals surface area contributed by atoms with Crippen molar-refractivity contribution in [1.29, 1.82) is 0 Å². The summed E-state index contributed by atoms with van der Waals surface area (Å²) in [5.74, 6) is -1.57. The van der Waals surface area contributed by atoms with Gasteiger partial charge >= 0.3 is 0 Å². The lowest BCUT2D eigenvalue weighted by atomic mass is 9.81. The van der Waals surface area contributed by atoms with Gasteiger partial charge in [0.25, 0.3) is 0 Å². The summed E-state index contributed by atoms with van der Waals surface area (Å²) in [5.41, 5.74) is 7.08. The molecule has 1 heterocycles. The summed E-state index contributed by atoms with van der Waals surface area (Å²) in [7, 11) is 0. The molecule has 5 heteroatoms. The van der Waals surface area contributed by atoms with Crippen LogP contribution in [0.3, 0.4) is 0 Å². The second kappa shape index (κ2) is 5.26. The van der Waals surface area contributed by atoms with Crippen molar-refractivity contribution in [3.05, 3.63) is 23.8 Å². The van der Waals surface area contributed by atoms with E-state index >= 15 is 0 Å². The zero-order chi connectivity index (χ0) is 13.2. The highest BCUT2D eigenvalue weighted by Crippen LogP contribution is 2.37. The topological polar surface area (TPSA) is 51.8 Å². The van der Waals surface area contributed by atoms with Crippen molar-refractivity contribution in [2.75, 3.05) is 0 Å². The van der Waals surface area contributed by atoms with E-state index in [1.165, 1.54) is 0 Å². The molecule has 2 N–H and O–H groups in total. The van der Waals surface area contributed by atoms with Gasteiger partial charge in [0, 0.05) is 31.3 Å². The summed E-state index contributed by atoms with van der Waals surface area (Å²) >= 11 is 0. The van der Waals surface area contributed by atoms with Crippen LogP contribution < -0.4 is 5.73 Å². The normalized spacial score (nSPS) is 21.8. The third-order valence-electron chi connectivity index (χ3n) is 3.67. The fraction of sp³-hybridized carbons (Fsp3) is 0.692. The summed E-state index contributed by atoms with van der Waals surface area (Å²) in [6, 6.07) is -0.0765. The lowest BCUT2D eigenvalue weighted by Gasteiger charge is -2.31. The van der Waals surface area contributed by atoms with Crippen LogP contribution in [0, 0.1) is 12.8 Å².